The molecule has 0 heterocycles. The van der Waals surface area contributed by atoms with Crippen molar-refractivity contribution in [1.29, 1.82) is 0 Å². The van der Waals surface area contributed by atoms with E-state index in [9.17, 15) is 22.9 Å². The number of nitro groups is 1. The van der Waals surface area contributed by atoms with Gasteiger partial charge in [-0.1, -0.05) is 6.92 Å². The highest BCUT2D eigenvalue weighted by atomic mass is 32.2. The molecule has 21 heavy (non-hydrogen) atoms. The number of nitrogens with one attached hydrogen (secondary N) is 2. The Morgan fingerprint density at radius 2 is 2.05 bits per heavy atom. The summed E-state index contributed by atoms with van der Waals surface area (Å²) in [5.41, 5.74) is -0.746. The molecule has 10 heteroatoms. The van der Waals surface area contributed by atoms with E-state index in [1.165, 1.54) is 0 Å². The zero-order chi connectivity index (χ0) is 16.0. The van der Waals surface area contributed by atoms with Gasteiger partial charge in [-0.15, -0.1) is 0 Å². The molecule has 1 aromatic carbocycles. The molecule has 0 aromatic heterocycles. The van der Waals surface area contributed by atoms with Crippen molar-refractivity contribution >= 4 is 15.7 Å². The quantitative estimate of drug-likeness (QED) is 0.413. The van der Waals surface area contributed by atoms with Crippen LogP contribution in [0.15, 0.2) is 17.0 Å². The third-order valence-corrected chi connectivity index (χ3v) is 3.99. The summed E-state index contributed by atoms with van der Waals surface area (Å²) in [5.74, 6) is -1.72. The SMILES string of the molecule is CCNCCNS(=O)(=O)c1cc(F)c(OC)c([N+](=O)[O-])c1. The first kappa shape index (κ1) is 17.3. The van der Waals surface area contributed by atoms with Crippen LogP contribution in [0.1, 0.15) is 6.92 Å². The van der Waals surface area contributed by atoms with Gasteiger partial charge in [-0.25, -0.2) is 17.5 Å². The summed E-state index contributed by atoms with van der Waals surface area (Å²) in [5, 5.41) is 13.7. The van der Waals surface area contributed by atoms with Crippen molar-refractivity contribution in [2.24, 2.45) is 0 Å². The minimum Gasteiger partial charge on any atom is -0.488 e. The highest BCUT2D eigenvalue weighted by Crippen LogP contribution is 2.32. The number of benzene rings is 1. The number of nitro benzene ring substituents is 1. The van der Waals surface area contributed by atoms with Gasteiger partial charge in [0.15, 0.2) is 5.82 Å². The lowest BCUT2D eigenvalue weighted by Crippen LogP contribution is -2.31. The van der Waals surface area contributed by atoms with Gasteiger partial charge in [0.25, 0.3) is 0 Å². The van der Waals surface area contributed by atoms with Crippen molar-refractivity contribution in [3.8, 4) is 5.75 Å². The molecule has 0 saturated heterocycles. The van der Waals surface area contributed by atoms with Crippen LogP contribution in [0.25, 0.3) is 0 Å². The van der Waals surface area contributed by atoms with Crippen molar-refractivity contribution in [2.75, 3.05) is 26.7 Å². The van der Waals surface area contributed by atoms with Crippen LogP contribution in [0.5, 0.6) is 5.75 Å². The molecule has 0 bridgehead atoms. The number of likely N-dealkylation sites (N-methyl/N-ethyl adjacent to an activating group) is 1. The summed E-state index contributed by atoms with van der Waals surface area (Å²) < 4.78 is 44.4. The molecule has 0 amide bonds. The van der Waals surface area contributed by atoms with Gasteiger partial charge < -0.3 is 10.1 Å². The van der Waals surface area contributed by atoms with Crippen LogP contribution in [0.2, 0.25) is 0 Å². The lowest BCUT2D eigenvalue weighted by atomic mass is 10.3. The second kappa shape index (κ2) is 7.29. The number of sulfonamides is 1. The van der Waals surface area contributed by atoms with E-state index < -0.39 is 37.1 Å². The average Bonchev–Trinajstić information content (AvgIpc) is 2.42. The van der Waals surface area contributed by atoms with Crippen molar-refractivity contribution in [1.82, 2.24) is 10.0 Å². The van der Waals surface area contributed by atoms with E-state index in [0.29, 0.717) is 19.2 Å². The smallest absolute Gasteiger partial charge is 0.315 e. The predicted octanol–water partition coefficient (Wildman–Crippen LogP) is 0.630. The summed E-state index contributed by atoms with van der Waals surface area (Å²) in [6, 6.07) is 1.44. The fourth-order valence-corrected chi connectivity index (χ4v) is 2.64. The summed E-state index contributed by atoms with van der Waals surface area (Å²) in [4.78, 5) is 9.42. The number of hydrogen-bond donors (Lipinski definition) is 2. The third kappa shape index (κ3) is 4.34. The highest BCUT2D eigenvalue weighted by molar-refractivity contribution is 7.89. The topological polar surface area (TPSA) is 111 Å². The van der Waals surface area contributed by atoms with Gasteiger partial charge in [-0.05, 0) is 12.6 Å². The number of halogens is 1. The van der Waals surface area contributed by atoms with E-state index in [-0.39, 0.29) is 6.54 Å². The summed E-state index contributed by atoms with van der Waals surface area (Å²) in [6.45, 7) is 3.00. The standard InChI is InChI=1S/C11H16FN3O5S/c1-3-13-4-5-14-21(18,19)8-6-9(12)11(20-2)10(7-8)15(16)17/h6-7,13-14H,3-5H2,1-2H3. The molecule has 0 aliphatic heterocycles. The molecule has 0 aliphatic carbocycles. The molecular weight excluding hydrogens is 305 g/mol. The second-order valence-electron chi connectivity index (χ2n) is 3.97. The second-order valence-corrected chi connectivity index (χ2v) is 5.73. The van der Waals surface area contributed by atoms with Gasteiger partial charge in [-0.3, -0.25) is 10.1 Å². The fourth-order valence-electron chi connectivity index (χ4n) is 1.58. The predicted molar refractivity (Wildman–Crippen MR) is 73.3 cm³/mol. The van der Waals surface area contributed by atoms with Crippen LogP contribution in [-0.4, -0.2) is 40.1 Å². The normalized spacial score (nSPS) is 11.4. The van der Waals surface area contributed by atoms with E-state index in [1.807, 2.05) is 6.92 Å². The van der Waals surface area contributed by atoms with Crippen LogP contribution >= 0.6 is 0 Å². The number of hydrogen-bond acceptors (Lipinski definition) is 6. The zero-order valence-electron chi connectivity index (χ0n) is 11.6. The Balaban J connectivity index is 3.10. The molecular formula is C11H16FN3O5S. The van der Waals surface area contributed by atoms with Crippen molar-refractivity contribution in [3.63, 3.8) is 0 Å². The van der Waals surface area contributed by atoms with Gasteiger partial charge in [-0.2, -0.15) is 0 Å². The molecule has 1 rings (SSSR count). The first-order valence-electron chi connectivity index (χ1n) is 6.05. The number of rotatable bonds is 8. The van der Waals surface area contributed by atoms with E-state index >= 15 is 0 Å². The molecule has 0 saturated carbocycles. The molecule has 0 radical (unpaired) electrons. The van der Waals surface area contributed by atoms with Gasteiger partial charge >= 0.3 is 5.69 Å². The molecule has 0 aliphatic rings. The first-order chi connectivity index (χ1) is 9.83. The lowest BCUT2D eigenvalue weighted by molar-refractivity contribution is -0.386. The van der Waals surface area contributed by atoms with E-state index in [1.54, 1.807) is 0 Å². The Labute approximate surface area is 121 Å². The average molecular weight is 321 g/mol. The van der Waals surface area contributed by atoms with E-state index in [4.69, 9.17) is 0 Å². The number of methoxy groups -OCH3 is 1. The minimum atomic E-state index is -4.03. The molecule has 1 aromatic rings. The Morgan fingerprint density at radius 3 is 2.57 bits per heavy atom. The third-order valence-electron chi connectivity index (χ3n) is 2.55. The molecule has 0 spiro atoms. The van der Waals surface area contributed by atoms with Crippen LogP contribution in [0.3, 0.4) is 0 Å². The number of nitrogens with zero attached hydrogens (tertiary/aromatic N) is 1. The lowest BCUT2D eigenvalue weighted by Gasteiger charge is -2.09. The Hall–Kier alpha value is -1.78. The number of ether oxygens (including phenoxy) is 1. The van der Waals surface area contributed by atoms with Crippen molar-refractivity contribution < 1.29 is 22.5 Å². The highest BCUT2D eigenvalue weighted by Gasteiger charge is 2.25. The zero-order valence-corrected chi connectivity index (χ0v) is 12.4. The van der Waals surface area contributed by atoms with Crippen LogP contribution < -0.4 is 14.8 Å². The molecule has 2 N–H and O–H groups in total. The maximum atomic E-state index is 13.7. The minimum absolute atomic E-state index is 0.0810. The first-order valence-corrected chi connectivity index (χ1v) is 7.54. The summed E-state index contributed by atoms with van der Waals surface area (Å²) >= 11 is 0. The largest absolute Gasteiger partial charge is 0.488 e. The van der Waals surface area contributed by atoms with E-state index in [0.717, 1.165) is 13.2 Å². The fraction of sp³-hybridized carbons (Fsp3) is 0.455. The Bertz CT molecular complexity index is 621. The molecule has 118 valence electrons. The maximum absolute atomic E-state index is 13.7. The van der Waals surface area contributed by atoms with Crippen LogP contribution in [0.4, 0.5) is 10.1 Å². The monoisotopic (exact) mass is 321 g/mol. The van der Waals surface area contributed by atoms with Crippen molar-refractivity contribution in [3.05, 3.63) is 28.1 Å². The Morgan fingerprint density at radius 1 is 1.38 bits per heavy atom. The molecule has 8 nitrogen and oxygen atoms in total. The summed E-state index contributed by atoms with van der Waals surface area (Å²) in [6.07, 6.45) is 0. The summed E-state index contributed by atoms with van der Waals surface area (Å²) in [7, 11) is -2.97. The molecule has 0 fully saturated rings. The molecule has 0 unspecified atom stereocenters. The Kier molecular flexibility index (Phi) is 6.00. The molecule has 0 atom stereocenters. The van der Waals surface area contributed by atoms with Gasteiger partial charge in [0.05, 0.1) is 16.9 Å². The maximum Gasteiger partial charge on any atom is 0.315 e. The van der Waals surface area contributed by atoms with Crippen molar-refractivity contribution in [2.45, 2.75) is 11.8 Å². The van der Waals surface area contributed by atoms with E-state index in [2.05, 4.69) is 14.8 Å². The van der Waals surface area contributed by atoms with Gasteiger partial charge in [0.1, 0.15) is 0 Å². The van der Waals surface area contributed by atoms with Crippen LogP contribution in [-0.2, 0) is 10.0 Å². The van der Waals surface area contributed by atoms with Crippen LogP contribution in [0, 0.1) is 15.9 Å². The van der Waals surface area contributed by atoms with Gasteiger partial charge in [0.2, 0.25) is 15.8 Å². The van der Waals surface area contributed by atoms with Gasteiger partial charge in [0, 0.05) is 19.2 Å².